The Morgan fingerprint density at radius 1 is 0.348 bits per heavy atom. The van der Waals surface area contributed by atoms with Crippen LogP contribution < -0.4 is 0 Å². The first kappa shape index (κ1) is 43.0. The van der Waals surface area contributed by atoms with Gasteiger partial charge in [0.05, 0.1) is 0 Å². The molecule has 46 heavy (non-hydrogen) atoms. The van der Waals surface area contributed by atoms with Crippen molar-refractivity contribution in [1.29, 1.82) is 0 Å². The minimum absolute atomic E-state index is 1.28. The van der Waals surface area contributed by atoms with Crippen molar-refractivity contribution in [2.24, 2.45) is 0 Å². The second-order valence-corrected chi connectivity index (χ2v) is 8.58. The molecule has 0 amide bonds. The normalized spacial score (nSPS) is 16.1. The molecule has 0 saturated heterocycles. The molecule has 0 aliphatic heterocycles. The maximum atomic E-state index is 13.5. The molecule has 0 aliphatic carbocycles. The largest absolute Gasteiger partial charge is 0.473 e. The van der Waals surface area contributed by atoms with Gasteiger partial charge in [0, 0.05) is 26.0 Å². The number of hydrogen-bond donors (Lipinski definition) is 0. The fourth-order valence-corrected chi connectivity index (χ4v) is 2.29. The van der Waals surface area contributed by atoms with Crippen molar-refractivity contribution < 1.29 is 124 Å². The Hall–Kier alpha value is -3.00. The van der Waals surface area contributed by atoms with Crippen LogP contribution in [0.15, 0.2) is 12.2 Å². The zero-order valence-corrected chi connectivity index (χ0v) is 20.9. The Morgan fingerprint density at radius 2 is 0.522 bits per heavy atom. The fourth-order valence-electron chi connectivity index (χ4n) is 2.29. The molecule has 0 spiro atoms. The van der Waals surface area contributed by atoms with Gasteiger partial charge < -0.3 is 9.47 Å². The van der Waals surface area contributed by atoms with E-state index in [1.54, 1.807) is 0 Å². The molecule has 0 bridgehead atoms. The summed E-state index contributed by atoms with van der Waals surface area (Å²) in [6.45, 7) is -2.55. The Morgan fingerprint density at radius 3 is 0.696 bits per heavy atom. The van der Waals surface area contributed by atoms with Gasteiger partial charge in [0.1, 0.15) is 0 Å². The van der Waals surface area contributed by atoms with Gasteiger partial charge in [0.2, 0.25) is 0 Å². The molecule has 0 atom stereocenters. The average molecular weight is 744 g/mol. The minimum Gasteiger partial charge on any atom is -0.393 e. The summed E-state index contributed by atoms with van der Waals surface area (Å²) in [5.74, 6) is -84.2. The van der Waals surface area contributed by atoms with Crippen LogP contribution in [0.4, 0.5) is 105 Å². The first-order valence-corrected chi connectivity index (χ1v) is 10.2. The number of carbonyl (C=O) groups is 2. The highest BCUT2D eigenvalue weighted by Gasteiger charge is 2.92. The molecule has 0 N–H and O–H groups in total. The van der Waals surface area contributed by atoms with Crippen LogP contribution >= 0.6 is 0 Å². The lowest BCUT2D eigenvalue weighted by Gasteiger charge is -2.40. The molecule has 0 rings (SSSR count). The molecule has 0 unspecified atom stereocenters. The predicted octanol–water partition coefficient (Wildman–Crippen LogP) is 8.21. The molecule has 0 aromatic rings. The van der Waals surface area contributed by atoms with E-state index in [1.165, 1.54) is 0 Å². The van der Waals surface area contributed by atoms with Crippen molar-refractivity contribution in [2.75, 3.05) is 0 Å². The maximum absolute atomic E-state index is 13.5. The van der Waals surface area contributed by atoms with Crippen molar-refractivity contribution in [2.45, 2.75) is 85.3 Å². The number of alkyl halides is 24. The van der Waals surface area contributed by atoms with Crippen LogP contribution in [0.25, 0.3) is 0 Å². The van der Waals surface area contributed by atoms with Gasteiger partial charge in [-0.1, -0.05) is 0 Å². The molecule has 4 nitrogen and oxygen atoms in total. The first-order valence-electron chi connectivity index (χ1n) is 10.2. The molecule has 0 heterocycles. The van der Waals surface area contributed by atoms with Gasteiger partial charge >= 0.3 is 83.4 Å². The van der Waals surface area contributed by atoms with Crippen molar-refractivity contribution in [3.05, 3.63) is 12.2 Å². The topological polar surface area (TPSA) is 52.6 Å². The van der Waals surface area contributed by atoms with Gasteiger partial charge in [-0.25, -0.2) is 9.59 Å². The fraction of sp³-hybridized carbons (Fsp3) is 0.778. The Balaban J connectivity index is 6.22. The van der Waals surface area contributed by atoms with Crippen LogP contribution in [-0.4, -0.2) is 83.4 Å². The van der Waals surface area contributed by atoms with E-state index in [1.807, 2.05) is 0 Å². The third-order valence-electron chi connectivity index (χ3n) is 5.01. The standard InChI is InChI=1S/C18H8F24O4/c1-7(19,20)9(23,24)11(27,28)13(31,32)15(35,36)17(39,40)45-5(43)3-4-6(44)46-18(41,42)16(37,38)14(33,34)12(29,30)10(25,26)8(2,21)22/h3-4H,1-2H3/b4-3+. The first-order chi connectivity index (χ1) is 19.5. The van der Waals surface area contributed by atoms with E-state index in [0.29, 0.717) is 0 Å². The number of carbonyl (C=O) groups excluding carboxylic acids is 2. The van der Waals surface area contributed by atoms with Crippen molar-refractivity contribution in [3.63, 3.8) is 0 Å². The average Bonchev–Trinajstić information content (AvgIpc) is 2.79. The summed E-state index contributed by atoms with van der Waals surface area (Å²) < 4.78 is 322. The van der Waals surface area contributed by atoms with Crippen molar-refractivity contribution >= 4 is 11.9 Å². The molecule has 0 fully saturated rings. The summed E-state index contributed by atoms with van der Waals surface area (Å²) in [7, 11) is 0. The molecule has 0 radical (unpaired) electrons. The molecular weight excluding hydrogens is 736 g/mol. The summed E-state index contributed by atoms with van der Waals surface area (Å²) >= 11 is 0. The lowest BCUT2D eigenvalue weighted by Crippen LogP contribution is -2.70. The summed E-state index contributed by atoms with van der Waals surface area (Å²) in [6, 6.07) is 0. The van der Waals surface area contributed by atoms with E-state index in [9.17, 15) is 115 Å². The number of rotatable bonds is 14. The zero-order chi connectivity index (χ0) is 38.0. The lowest BCUT2D eigenvalue weighted by atomic mass is 9.94. The van der Waals surface area contributed by atoms with Gasteiger partial charge in [-0.05, 0) is 0 Å². The third kappa shape index (κ3) is 6.31. The molecular formula is C18H8F24O4. The third-order valence-corrected chi connectivity index (χ3v) is 5.01. The van der Waals surface area contributed by atoms with Crippen LogP contribution in [0.5, 0.6) is 0 Å². The Kier molecular flexibility index (Phi) is 10.6. The minimum atomic E-state index is -8.31. The van der Waals surface area contributed by atoms with Crippen LogP contribution in [0.3, 0.4) is 0 Å². The molecule has 28 heteroatoms. The van der Waals surface area contributed by atoms with Crippen LogP contribution in [0, 0.1) is 0 Å². The summed E-state index contributed by atoms with van der Waals surface area (Å²) in [4.78, 5) is 22.1. The number of halogens is 24. The summed E-state index contributed by atoms with van der Waals surface area (Å²) in [6.07, 6.45) is -18.0. The number of esters is 2. The van der Waals surface area contributed by atoms with E-state index < -0.39 is 109 Å². The van der Waals surface area contributed by atoms with Crippen LogP contribution in [-0.2, 0) is 19.1 Å². The van der Waals surface area contributed by atoms with Gasteiger partial charge in [-0.2, -0.15) is 105 Å². The van der Waals surface area contributed by atoms with Crippen LogP contribution in [0.2, 0.25) is 0 Å². The van der Waals surface area contributed by atoms with Crippen molar-refractivity contribution in [3.8, 4) is 0 Å². The van der Waals surface area contributed by atoms with E-state index in [2.05, 4.69) is 9.47 Å². The van der Waals surface area contributed by atoms with E-state index in [4.69, 9.17) is 0 Å². The van der Waals surface area contributed by atoms with Gasteiger partial charge in [0.25, 0.3) is 0 Å². The Bertz CT molecular complexity index is 1080. The second-order valence-electron chi connectivity index (χ2n) is 8.58. The number of ether oxygens (including phenoxy) is 2. The highest BCUT2D eigenvalue weighted by atomic mass is 19.4. The van der Waals surface area contributed by atoms with Gasteiger partial charge in [0.15, 0.2) is 0 Å². The highest BCUT2D eigenvalue weighted by molar-refractivity contribution is 5.91. The smallest absolute Gasteiger partial charge is 0.393 e. The van der Waals surface area contributed by atoms with Gasteiger partial charge in [-0.3, -0.25) is 0 Å². The SMILES string of the molecule is CC(F)(F)C(F)(F)C(F)(F)C(F)(F)C(F)(F)C(F)(F)OC(=O)/C=C/C(=O)OC(F)(F)C(F)(F)C(F)(F)C(F)(F)C(F)(F)C(C)(F)F. The van der Waals surface area contributed by atoms with E-state index in [0.717, 1.165) is 0 Å². The zero-order valence-electron chi connectivity index (χ0n) is 20.9. The highest BCUT2D eigenvalue weighted by Crippen LogP contribution is 2.61. The molecule has 0 aromatic heterocycles. The maximum Gasteiger partial charge on any atom is 0.473 e. The van der Waals surface area contributed by atoms with Crippen LogP contribution in [0.1, 0.15) is 13.8 Å². The molecule has 0 aliphatic rings. The lowest BCUT2D eigenvalue weighted by molar-refractivity contribution is -0.449. The molecule has 0 aromatic carbocycles. The predicted molar refractivity (Wildman–Crippen MR) is 92.0 cm³/mol. The second kappa shape index (κ2) is 11.3. The summed E-state index contributed by atoms with van der Waals surface area (Å²) in [5, 5.41) is 0. The van der Waals surface area contributed by atoms with E-state index in [-0.39, 0.29) is 0 Å². The quantitative estimate of drug-likeness (QED) is 0.102. The molecule has 0 saturated carbocycles. The number of hydrogen-bond acceptors (Lipinski definition) is 4. The summed E-state index contributed by atoms with van der Waals surface area (Å²) in [5.41, 5.74) is 0. The molecule has 272 valence electrons. The van der Waals surface area contributed by atoms with Gasteiger partial charge in [-0.15, -0.1) is 0 Å². The Labute approximate surface area is 235 Å². The monoisotopic (exact) mass is 744 g/mol. The van der Waals surface area contributed by atoms with E-state index >= 15 is 0 Å². The van der Waals surface area contributed by atoms with Crippen molar-refractivity contribution in [1.82, 2.24) is 0 Å².